The first kappa shape index (κ1) is 18.8. The van der Waals surface area contributed by atoms with Crippen LogP contribution in [0.4, 0.5) is 5.82 Å². The minimum atomic E-state index is -0.833. The van der Waals surface area contributed by atoms with Crippen molar-refractivity contribution in [2.24, 2.45) is 5.73 Å². The lowest BCUT2D eigenvalue weighted by molar-refractivity contribution is -0.134. The number of rotatable bonds is 4. The number of amides is 1. The number of hydrogen-bond donors (Lipinski definition) is 4. The molecule has 0 radical (unpaired) electrons. The Hall–Kier alpha value is -2.22. The Balaban J connectivity index is 0.000000593. The maximum absolute atomic E-state index is 11.9. The largest absolute Gasteiger partial charge is 0.481 e. The van der Waals surface area contributed by atoms with Gasteiger partial charge in [-0.1, -0.05) is 13.8 Å². The maximum Gasteiger partial charge on any atom is 0.300 e. The van der Waals surface area contributed by atoms with Gasteiger partial charge >= 0.3 is 0 Å². The lowest BCUT2D eigenvalue weighted by atomic mass is 10.1. The Morgan fingerprint density at radius 3 is 2.52 bits per heavy atom. The molecule has 1 amide bonds. The molecule has 2 heterocycles. The van der Waals surface area contributed by atoms with Gasteiger partial charge in [-0.15, -0.1) is 0 Å². The molecule has 0 aliphatic carbocycles. The second-order valence-electron chi connectivity index (χ2n) is 5.80. The zero-order valence-electron chi connectivity index (χ0n) is 14.0. The van der Waals surface area contributed by atoms with Gasteiger partial charge in [0.15, 0.2) is 0 Å². The summed E-state index contributed by atoms with van der Waals surface area (Å²) in [4.78, 5) is 29.8. The van der Waals surface area contributed by atoms with Crippen molar-refractivity contribution in [3.63, 3.8) is 0 Å². The molecule has 8 heteroatoms. The highest BCUT2D eigenvalue weighted by molar-refractivity contribution is 5.96. The van der Waals surface area contributed by atoms with E-state index in [1.807, 2.05) is 20.8 Å². The highest BCUT2D eigenvalue weighted by atomic mass is 16.4. The number of fused-ring (bicyclic) bond motifs is 1. The molecule has 0 spiro atoms. The topological polar surface area (TPSA) is 130 Å². The van der Waals surface area contributed by atoms with Gasteiger partial charge in [-0.25, -0.2) is 9.97 Å². The van der Waals surface area contributed by atoms with E-state index in [4.69, 9.17) is 15.6 Å². The normalized spacial score (nSPS) is 14.3. The van der Waals surface area contributed by atoms with Crippen molar-refractivity contribution < 1.29 is 14.7 Å². The van der Waals surface area contributed by atoms with Crippen LogP contribution in [0.3, 0.4) is 0 Å². The second kappa shape index (κ2) is 8.42. The van der Waals surface area contributed by atoms with Gasteiger partial charge < -0.3 is 21.5 Å². The van der Waals surface area contributed by atoms with E-state index in [0.29, 0.717) is 24.6 Å². The lowest BCUT2D eigenvalue weighted by Crippen LogP contribution is -2.35. The molecule has 0 unspecified atom stereocenters. The van der Waals surface area contributed by atoms with Crippen LogP contribution in [0.5, 0.6) is 0 Å². The Kier molecular flexibility index (Phi) is 6.89. The zero-order valence-corrected chi connectivity index (χ0v) is 14.0. The summed E-state index contributed by atoms with van der Waals surface area (Å²) in [6.07, 6.45) is 0.751. The summed E-state index contributed by atoms with van der Waals surface area (Å²) in [6.45, 7) is 8.29. The van der Waals surface area contributed by atoms with Gasteiger partial charge in [0.25, 0.3) is 11.9 Å². The van der Waals surface area contributed by atoms with Crippen molar-refractivity contribution in [2.75, 3.05) is 18.4 Å². The summed E-state index contributed by atoms with van der Waals surface area (Å²) in [5.74, 6) is 0.661. The molecule has 1 aromatic rings. The number of carboxylic acid groups (broad SMARTS) is 1. The molecule has 2 rings (SSSR count). The van der Waals surface area contributed by atoms with E-state index < -0.39 is 5.97 Å². The summed E-state index contributed by atoms with van der Waals surface area (Å²) in [5.41, 5.74) is 7.15. The van der Waals surface area contributed by atoms with Crippen molar-refractivity contribution in [1.29, 1.82) is 0 Å². The SMILES string of the molecule is CC(=O)O.CC(C)c1nc(NC[C@H](C)N)c2c(n1)C(=O)NCC2. The van der Waals surface area contributed by atoms with Gasteiger partial charge in [0.1, 0.15) is 17.3 Å². The van der Waals surface area contributed by atoms with Crippen LogP contribution in [0.15, 0.2) is 0 Å². The number of aliphatic carboxylic acids is 1. The third-order valence-electron chi connectivity index (χ3n) is 3.01. The van der Waals surface area contributed by atoms with E-state index in [-0.39, 0.29) is 17.9 Å². The number of anilines is 1. The highest BCUT2D eigenvalue weighted by Gasteiger charge is 2.24. The van der Waals surface area contributed by atoms with E-state index >= 15 is 0 Å². The minimum Gasteiger partial charge on any atom is -0.481 e. The van der Waals surface area contributed by atoms with Crippen LogP contribution < -0.4 is 16.4 Å². The molecule has 0 bridgehead atoms. The summed E-state index contributed by atoms with van der Waals surface area (Å²) in [5, 5.41) is 13.5. The van der Waals surface area contributed by atoms with Gasteiger partial charge in [0.2, 0.25) is 0 Å². The van der Waals surface area contributed by atoms with Crippen molar-refractivity contribution in [1.82, 2.24) is 15.3 Å². The fraction of sp³-hybridized carbons (Fsp3) is 0.600. The lowest BCUT2D eigenvalue weighted by Gasteiger charge is -2.21. The first-order valence-electron chi connectivity index (χ1n) is 7.60. The summed E-state index contributed by atoms with van der Waals surface area (Å²) >= 11 is 0. The maximum atomic E-state index is 11.9. The van der Waals surface area contributed by atoms with Gasteiger partial charge in [0, 0.05) is 37.5 Å². The molecule has 128 valence electrons. The van der Waals surface area contributed by atoms with Crippen molar-refractivity contribution in [3.05, 3.63) is 17.1 Å². The summed E-state index contributed by atoms with van der Waals surface area (Å²) < 4.78 is 0. The number of nitrogens with one attached hydrogen (secondary N) is 2. The molecule has 0 aromatic carbocycles. The summed E-state index contributed by atoms with van der Waals surface area (Å²) in [6, 6.07) is 0.0329. The van der Waals surface area contributed by atoms with Crippen molar-refractivity contribution in [2.45, 2.75) is 46.1 Å². The Morgan fingerprint density at radius 1 is 1.39 bits per heavy atom. The third kappa shape index (κ3) is 5.82. The van der Waals surface area contributed by atoms with Crippen molar-refractivity contribution >= 4 is 17.7 Å². The Morgan fingerprint density at radius 2 is 2.00 bits per heavy atom. The van der Waals surface area contributed by atoms with Crippen LogP contribution in [-0.4, -0.2) is 46.1 Å². The molecule has 23 heavy (non-hydrogen) atoms. The fourth-order valence-electron chi connectivity index (χ4n) is 1.97. The van der Waals surface area contributed by atoms with Crippen LogP contribution in [0.1, 0.15) is 55.5 Å². The van der Waals surface area contributed by atoms with Crippen LogP contribution >= 0.6 is 0 Å². The number of carbonyl (C=O) groups excluding carboxylic acids is 1. The second-order valence-corrected chi connectivity index (χ2v) is 5.80. The van der Waals surface area contributed by atoms with Crippen LogP contribution in [0.2, 0.25) is 0 Å². The first-order chi connectivity index (χ1) is 10.7. The number of nitrogens with zero attached hydrogens (tertiary/aromatic N) is 2. The molecule has 5 N–H and O–H groups in total. The molecule has 1 aromatic heterocycles. The van der Waals surface area contributed by atoms with Crippen LogP contribution in [0, 0.1) is 0 Å². The van der Waals surface area contributed by atoms with Crippen LogP contribution in [-0.2, 0) is 11.2 Å². The zero-order chi connectivity index (χ0) is 17.6. The van der Waals surface area contributed by atoms with Crippen molar-refractivity contribution in [3.8, 4) is 0 Å². The molecular formula is C15H25N5O3. The Bertz CT molecular complexity index is 568. The fourth-order valence-corrected chi connectivity index (χ4v) is 1.97. The molecule has 0 saturated heterocycles. The molecule has 1 atom stereocenters. The minimum absolute atomic E-state index is 0.0329. The first-order valence-corrected chi connectivity index (χ1v) is 7.60. The van der Waals surface area contributed by atoms with Crippen LogP contribution in [0.25, 0.3) is 0 Å². The predicted molar refractivity (Wildman–Crippen MR) is 87.6 cm³/mol. The van der Waals surface area contributed by atoms with E-state index in [1.165, 1.54) is 0 Å². The van der Waals surface area contributed by atoms with Gasteiger partial charge in [-0.3, -0.25) is 9.59 Å². The van der Waals surface area contributed by atoms with E-state index in [9.17, 15) is 4.79 Å². The quantitative estimate of drug-likeness (QED) is 0.642. The molecule has 0 saturated carbocycles. The van der Waals surface area contributed by atoms with E-state index in [1.54, 1.807) is 0 Å². The number of hydrogen-bond acceptors (Lipinski definition) is 6. The number of aromatic nitrogens is 2. The highest BCUT2D eigenvalue weighted by Crippen LogP contribution is 2.22. The predicted octanol–water partition coefficient (Wildman–Crippen LogP) is 0.736. The molecule has 0 fully saturated rings. The average molecular weight is 323 g/mol. The monoisotopic (exact) mass is 323 g/mol. The van der Waals surface area contributed by atoms with E-state index in [0.717, 1.165) is 24.7 Å². The average Bonchev–Trinajstić information content (AvgIpc) is 2.44. The van der Waals surface area contributed by atoms with E-state index in [2.05, 4.69) is 20.6 Å². The molecule has 8 nitrogen and oxygen atoms in total. The molecular weight excluding hydrogens is 298 g/mol. The van der Waals surface area contributed by atoms with Gasteiger partial charge in [-0.05, 0) is 13.3 Å². The number of carboxylic acids is 1. The number of carbonyl (C=O) groups is 2. The standard InChI is InChI=1S/C13H21N5O.C2H4O2/c1-7(2)11-17-10-9(4-5-15-13(10)19)12(18-11)16-6-8(3)14;1-2(3)4/h7-8H,4-6,14H2,1-3H3,(H,15,19)(H,16,17,18);1H3,(H,3,4)/t8-;/m0./s1. The van der Waals surface area contributed by atoms with Gasteiger partial charge in [0.05, 0.1) is 0 Å². The summed E-state index contributed by atoms with van der Waals surface area (Å²) in [7, 11) is 0. The third-order valence-corrected chi connectivity index (χ3v) is 3.01. The molecule has 1 aliphatic rings. The molecule has 1 aliphatic heterocycles. The number of nitrogens with two attached hydrogens (primary N) is 1. The smallest absolute Gasteiger partial charge is 0.300 e. The Labute approximate surface area is 135 Å². The van der Waals surface area contributed by atoms with Gasteiger partial charge in [-0.2, -0.15) is 0 Å².